The minimum atomic E-state index is 0.507. The first kappa shape index (κ1) is 10.2. The fourth-order valence-electron chi connectivity index (χ4n) is 1.63. The smallest absolute Gasteiger partial charge is 0.0595 e. The van der Waals surface area contributed by atoms with Gasteiger partial charge in [-0.2, -0.15) is 0 Å². The minimum absolute atomic E-state index is 0.507. The van der Waals surface area contributed by atoms with Crippen LogP contribution in [0.15, 0.2) is 18.2 Å². The van der Waals surface area contributed by atoms with E-state index >= 15 is 0 Å². The zero-order valence-electron chi connectivity index (χ0n) is 7.69. The molecule has 0 aliphatic carbocycles. The van der Waals surface area contributed by atoms with Crippen LogP contribution in [0.1, 0.15) is 5.56 Å². The highest BCUT2D eigenvalue weighted by molar-refractivity contribution is 6.42. The number of halogens is 2. The third-order valence-electron chi connectivity index (χ3n) is 2.37. The third-order valence-corrected chi connectivity index (χ3v) is 3.11. The minimum Gasteiger partial charge on any atom is -0.303 e. The zero-order valence-corrected chi connectivity index (χ0v) is 9.20. The number of hydrogen-bond acceptors (Lipinski definition) is 2. The van der Waals surface area contributed by atoms with Crippen molar-refractivity contribution in [3.8, 4) is 0 Å². The lowest BCUT2D eigenvalue weighted by atomic mass is 10.1. The molecule has 2 N–H and O–H groups in total. The Labute approximate surface area is 93.6 Å². The molecule has 76 valence electrons. The highest BCUT2D eigenvalue weighted by atomic mass is 35.5. The monoisotopic (exact) mass is 230 g/mol. The van der Waals surface area contributed by atoms with Crippen LogP contribution in [-0.2, 0) is 6.42 Å². The van der Waals surface area contributed by atoms with Gasteiger partial charge < -0.3 is 10.6 Å². The molecule has 1 aliphatic heterocycles. The summed E-state index contributed by atoms with van der Waals surface area (Å²) >= 11 is 11.8. The van der Waals surface area contributed by atoms with Gasteiger partial charge in [-0.25, -0.2) is 0 Å². The summed E-state index contributed by atoms with van der Waals surface area (Å²) in [4.78, 5) is 0. The summed E-state index contributed by atoms with van der Waals surface area (Å²) in [6.45, 7) is 1.91. The van der Waals surface area contributed by atoms with E-state index in [1.807, 2.05) is 18.2 Å². The Bertz CT molecular complexity index is 322. The van der Waals surface area contributed by atoms with Crippen molar-refractivity contribution in [3.05, 3.63) is 33.8 Å². The Hall–Kier alpha value is -0.280. The van der Waals surface area contributed by atoms with E-state index in [0.717, 1.165) is 19.6 Å². The van der Waals surface area contributed by atoms with Crippen molar-refractivity contribution < 1.29 is 0 Å². The normalized spacial score (nSPS) is 21.4. The van der Waals surface area contributed by atoms with Gasteiger partial charge in [-0.3, -0.25) is 0 Å². The maximum absolute atomic E-state index is 5.93. The molecule has 0 radical (unpaired) electrons. The molecule has 1 heterocycles. The largest absolute Gasteiger partial charge is 0.303 e. The maximum atomic E-state index is 5.93. The molecule has 1 unspecified atom stereocenters. The van der Waals surface area contributed by atoms with E-state index in [0.29, 0.717) is 16.1 Å². The van der Waals surface area contributed by atoms with Crippen molar-refractivity contribution in [3.63, 3.8) is 0 Å². The fourth-order valence-corrected chi connectivity index (χ4v) is 1.95. The second-order valence-corrected chi connectivity index (χ2v) is 4.30. The second-order valence-electron chi connectivity index (χ2n) is 3.48. The second kappa shape index (κ2) is 4.49. The van der Waals surface area contributed by atoms with Crippen LogP contribution in [0.3, 0.4) is 0 Å². The average molecular weight is 231 g/mol. The molecule has 0 bridgehead atoms. The van der Waals surface area contributed by atoms with Crippen LogP contribution in [0.25, 0.3) is 0 Å². The number of hydrogen-bond donors (Lipinski definition) is 2. The van der Waals surface area contributed by atoms with Gasteiger partial charge in [0.05, 0.1) is 10.0 Å². The van der Waals surface area contributed by atoms with Crippen LogP contribution < -0.4 is 10.6 Å². The Morgan fingerprint density at radius 3 is 2.79 bits per heavy atom. The van der Waals surface area contributed by atoms with Gasteiger partial charge in [0.1, 0.15) is 0 Å². The van der Waals surface area contributed by atoms with Crippen LogP contribution in [-0.4, -0.2) is 19.3 Å². The first-order valence-corrected chi connectivity index (χ1v) is 5.39. The molecular weight excluding hydrogens is 219 g/mol. The summed E-state index contributed by atoms with van der Waals surface area (Å²) in [5, 5.41) is 7.85. The quantitative estimate of drug-likeness (QED) is 0.814. The molecule has 0 aromatic heterocycles. The number of rotatable bonds is 2. The summed E-state index contributed by atoms with van der Waals surface area (Å²) in [5.41, 5.74) is 1.22. The Balaban J connectivity index is 2.05. The summed E-state index contributed by atoms with van der Waals surface area (Å²) < 4.78 is 0. The lowest BCUT2D eigenvalue weighted by Gasteiger charge is -2.09. The van der Waals surface area contributed by atoms with Crippen molar-refractivity contribution in [2.24, 2.45) is 0 Å². The molecule has 2 nitrogen and oxygen atoms in total. The van der Waals surface area contributed by atoms with Crippen LogP contribution in [0.2, 0.25) is 10.0 Å². The van der Waals surface area contributed by atoms with Gasteiger partial charge in [0, 0.05) is 19.3 Å². The van der Waals surface area contributed by atoms with Gasteiger partial charge in [-0.1, -0.05) is 29.3 Å². The molecule has 1 saturated heterocycles. The van der Waals surface area contributed by atoms with Crippen LogP contribution >= 0.6 is 23.2 Å². The van der Waals surface area contributed by atoms with Crippen molar-refractivity contribution in [2.45, 2.75) is 12.5 Å². The third kappa shape index (κ3) is 2.39. The molecule has 1 atom stereocenters. The summed E-state index contributed by atoms with van der Waals surface area (Å²) in [6.07, 6.45) is 0.990. The standard InChI is InChI=1S/C10H12Cl2N2/c11-9-2-1-7(4-10(9)12)3-8-5-13-6-14-8/h1-2,4,8,13-14H,3,5-6H2. The molecule has 0 saturated carbocycles. The summed E-state index contributed by atoms with van der Waals surface area (Å²) in [5.74, 6) is 0. The van der Waals surface area contributed by atoms with Gasteiger partial charge in [0.2, 0.25) is 0 Å². The Morgan fingerprint density at radius 1 is 1.29 bits per heavy atom. The molecule has 2 rings (SSSR count). The van der Waals surface area contributed by atoms with E-state index in [9.17, 15) is 0 Å². The van der Waals surface area contributed by atoms with Gasteiger partial charge in [-0.05, 0) is 24.1 Å². The molecule has 0 amide bonds. The SMILES string of the molecule is Clc1ccc(CC2CNCN2)cc1Cl. The molecule has 1 aromatic carbocycles. The summed E-state index contributed by atoms with van der Waals surface area (Å²) in [6, 6.07) is 6.31. The Kier molecular flexibility index (Phi) is 3.29. The zero-order chi connectivity index (χ0) is 9.97. The molecule has 1 aliphatic rings. The Morgan fingerprint density at radius 2 is 2.14 bits per heavy atom. The molecule has 14 heavy (non-hydrogen) atoms. The van der Waals surface area contributed by atoms with E-state index in [1.54, 1.807) is 0 Å². The lowest BCUT2D eigenvalue weighted by Crippen LogP contribution is -2.25. The van der Waals surface area contributed by atoms with Crippen molar-refractivity contribution >= 4 is 23.2 Å². The molecule has 1 aromatic rings. The highest BCUT2D eigenvalue weighted by Gasteiger charge is 2.13. The highest BCUT2D eigenvalue weighted by Crippen LogP contribution is 2.23. The van der Waals surface area contributed by atoms with E-state index < -0.39 is 0 Å². The van der Waals surface area contributed by atoms with Crippen LogP contribution in [0.4, 0.5) is 0 Å². The van der Waals surface area contributed by atoms with Gasteiger partial charge in [0.15, 0.2) is 0 Å². The van der Waals surface area contributed by atoms with Crippen molar-refractivity contribution in [1.29, 1.82) is 0 Å². The predicted molar refractivity (Wildman–Crippen MR) is 60.0 cm³/mol. The van der Waals surface area contributed by atoms with Gasteiger partial charge in [0.25, 0.3) is 0 Å². The van der Waals surface area contributed by atoms with E-state index in [4.69, 9.17) is 23.2 Å². The molecular formula is C10H12Cl2N2. The van der Waals surface area contributed by atoms with Gasteiger partial charge >= 0.3 is 0 Å². The van der Waals surface area contributed by atoms with E-state index in [2.05, 4.69) is 10.6 Å². The number of nitrogens with one attached hydrogen (secondary N) is 2. The summed E-state index contributed by atoms with van der Waals surface area (Å²) in [7, 11) is 0. The van der Waals surface area contributed by atoms with E-state index in [-0.39, 0.29) is 0 Å². The maximum Gasteiger partial charge on any atom is 0.0595 e. The predicted octanol–water partition coefficient (Wildman–Crippen LogP) is 2.05. The van der Waals surface area contributed by atoms with E-state index in [1.165, 1.54) is 5.56 Å². The lowest BCUT2D eigenvalue weighted by molar-refractivity contribution is 0.629. The van der Waals surface area contributed by atoms with Crippen molar-refractivity contribution in [2.75, 3.05) is 13.2 Å². The molecule has 0 spiro atoms. The number of benzene rings is 1. The average Bonchev–Trinajstić information content (AvgIpc) is 2.64. The van der Waals surface area contributed by atoms with Crippen LogP contribution in [0.5, 0.6) is 0 Å². The molecule has 4 heteroatoms. The fraction of sp³-hybridized carbons (Fsp3) is 0.400. The topological polar surface area (TPSA) is 24.1 Å². The first-order valence-electron chi connectivity index (χ1n) is 4.64. The van der Waals surface area contributed by atoms with Crippen molar-refractivity contribution in [1.82, 2.24) is 10.6 Å². The molecule has 1 fully saturated rings. The van der Waals surface area contributed by atoms with Gasteiger partial charge in [-0.15, -0.1) is 0 Å². The van der Waals surface area contributed by atoms with Crippen LogP contribution in [0, 0.1) is 0 Å². The first-order chi connectivity index (χ1) is 6.75.